The zero-order valence-electron chi connectivity index (χ0n) is 16.4. The number of carboxylic acid groups (broad SMARTS) is 1. The lowest BCUT2D eigenvalue weighted by molar-refractivity contribution is 0.0786. The van der Waals surface area contributed by atoms with Gasteiger partial charge in [-0.3, -0.25) is 0 Å². The summed E-state index contributed by atoms with van der Waals surface area (Å²) >= 11 is 0. The molecule has 5 N–H and O–H groups in total. The number of rotatable bonds is 4. The summed E-state index contributed by atoms with van der Waals surface area (Å²) in [6.07, 6.45) is 5.21. The molecule has 0 atom stereocenters. The summed E-state index contributed by atoms with van der Waals surface area (Å²) < 4.78 is 1.70. The number of hydrogen-bond donors (Lipinski definition) is 4. The number of nitrogens with two attached hydrogens (primary N) is 1. The number of hydrogen-bond acceptors (Lipinski definition) is 7. The molecule has 3 aromatic rings. The van der Waals surface area contributed by atoms with Crippen LogP contribution in [0.5, 0.6) is 0 Å². The largest absolute Gasteiger partial charge is 0.465 e. The van der Waals surface area contributed by atoms with Gasteiger partial charge in [-0.15, -0.1) is 5.10 Å². The Kier molecular flexibility index (Phi) is 5.92. The maximum absolute atomic E-state index is 10.1. The lowest BCUT2D eigenvalue weighted by Gasteiger charge is -2.17. The fourth-order valence-corrected chi connectivity index (χ4v) is 3.23. The number of primary amides is 1. The fourth-order valence-electron chi connectivity index (χ4n) is 3.23. The Bertz CT molecular complexity index is 970. The predicted octanol–water partition coefficient (Wildman–Crippen LogP) is 2.42. The molecule has 1 aliphatic rings. The molecule has 1 aromatic carbocycles. The van der Waals surface area contributed by atoms with Gasteiger partial charge in [0.1, 0.15) is 0 Å². The summed E-state index contributed by atoms with van der Waals surface area (Å²) in [5, 5.41) is 29.0. The molecular formula is C19H25N7O3. The van der Waals surface area contributed by atoms with Gasteiger partial charge in [-0.1, -0.05) is 30.2 Å². The van der Waals surface area contributed by atoms with Gasteiger partial charge in [0.15, 0.2) is 11.2 Å². The minimum Gasteiger partial charge on any atom is -0.465 e. The highest BCUT2D eigenvalue weighted by molar-refractivity contribution is 5.72. The van der Waals surface area contributed by atoms with E-state index in [1.54, 1.807) is 24.7 Å². The molecule has 1 saturated carbocycles. The van der Waals surface area contributed by atoms with Crippen molar-refractivity contribution in [3.05, 3.63) is 36.0 Å². The van der Waals surface area contributed by atoms with Crippen LogP contribution < -0.4 is 11.1 Å². The number of nitrogens with one attached hydrogen (secondary N) is 1. The highest BCUT2D eigenvalue weighted by Gasteiger charge is 2.18. The number of carbonyl (C=O) groups is 1. The average Bonchev–Trinajstić information content (AvgIpc) is 3.30. The van der Waals surface area contributed by atoms with Crippen molar-refractivity contribution in [2.75, 3.05) is 5.32 Å². The molecule has 4 rings (SSSR count). The van der Waals surface area contributed by atoms with Crippen LogP contribution in [0.1, 0.15) is 45.1 Å². The third-order valence-corrected chi connectivity index (χ3v) is 4.70. The first-order valence-electron chi connectivity index (χ1n) is 9.41. The van der Waals surface area contributed by atoms with Crippen LogP contribution in [0, 0.1) is 0 Å². The Morgan fingerprint density at radius 3 is 2.45 bits per heavy atom. The molecule has 10 heteroatoms. The Balaban J connectivity index is 0.000000552. The van der Waals surface area contributed by atoms with E-state index in [4.69, 9.17) is 9.90 Å². The molecule has 0 unspecified atom stereocenters. The van der Waals surface area contributed by atoms with Crippen molar-refractivity contribution < 1.29 is 15.0 Å². The van der Waals surface area contributed by atoms with E-state index in [9.17, 15) is 5.11 Å². The van der Waals surface area contributed by atoms with E-state index < -0.39 is 11.7 Å². The first-order chi connectivity index (χ1) is 13.7. The molecular weight excluding hydrogens is 374 g/mol. The van der Waals surface area contributed by atoms with Crippen molar-refractivity contribution in [2.24, 2.45) is 5.73 Å². The number of nitrogens with zero attached hydrogens (tertiary/aromatic N) is 5. The molecule has 10 nitrogen and oxygen atoms in total. The summed E-state index contributed by atoms with van der Waals surface area (Å²) in [6, 6.07) is 8.05. The number of benzene rings is 1. The van der Waals surface area contributed by atoms with Gasteiger partial charge in [0.05, 0.1) is 17.5 Å². The van der Waals surface area contributed by atoms with Crippen molar-refractivity contribution in [1.82, 2.24) is 25.0 Å². The Hall–Kier alpha value is -3.27. The van der Waals surface area contributed by atoms with Crippen LogP contribution in [-0.2, 0) is 5.60 Å². The zero-order chi connectivity index (χ0) is 21.0. The van der Waals surface area contributed by atoms with Gasteiger partial charge in [-0.25, -0.2) is 9.78 Å². The number of fused-ring (bicyclic) bond motifs is 1. The molecule has 1 amide bonds. The van der Waals surface area contributed by atoms with Crippen molar-refractivity contribution >= 4 is 23.2 Å². The molecule has 29 heavy (non-hydrogen) atoms. The van der Waals surface area contributed by atoms with Gasteiger partial charge >= 0.3 is 6.09 Å². The second-order valence-electron chi connectivity index (χ2n) is 7.47. The van der Waals surface area contributed by atoms with Gasteiger partial charge in [0, 0.05) is 6.04 Å². The Labute approximate surface area is 167 Å². The number of anilines is 1. The quantitative estimate of drug-likeness (QED) is 0.522. The highest BCUT2D eigenvalue weighted by atomic mass is 16.4. The van der Waals surface area contributed by atoms with Crippen LogP contribution in [0.3, 0.4) is 0 Å². The normalized spacial score (nSPS) is 14.4. The average molecular weight is 399 g/mol. The summed E-state index contributed by atoms with van der Waals surface area (Å²) in [6.45, 7) is 3.53. The van der Waals surface area contributed by atoms with Crippen LogP contribution in [0.2, 0.25) is 0 Å². The second-order valence-corrected chi connectivity index (χ2v) is 7.47. The number of aliphatic hydroxyl groups is 1. The summed E-state index contributed by atoms with van der Waals surface area (Å²) in [5.74, 6) is 0.621. The lowest BCUT2D eigenvalue weighted by atomic mass is 9.98. The van der Waals surface area contributed by atoms with Crippen molar-refractivity contribution in [3.8, 4) is 5.69 Å². The number of amides is 1. The van der Waals surface area contributed by atoms with Crippen molar-refractivity contribution in [1.29, 1.82) is 0 Å². The highest BCUT2D eigenvalue weighted by Crippen LogP contribution is 2.23. The minimum absolute atomic E-state index is 0.452. The molecule has 0 saturated heterocycles. The monoisotopic (exact) mass is 399 g/mol. The molecule has 0 radical (unpaired) electrons. The van der Waals surface area contributed by atoms with E-state index in [-0.39, 0.29) is 0 Å². The second kappa shape index (κ2) is 8.39. The molecule has 154 valence electrons. The predicted molar refractivity (Wildman–Crippen MR) is 108 cm³/mol. The minimum atomic E-state index is -1.33. The van der Waals surface area contributed by atoms with Crippen LogP contribution in [0.4, 0.5) is 10.7 Å². The molecule has 1 fully saturated rings. The van der Waals surface area contributed by atoms with Gasteiger partial charge in [-0.2, -0.15) is 9.67 Å². The summed E-state index contributed by atoms with van der Waals surface area (Å²) in [5.41, 5.74) is 6.18. The van der Waals surface area contributed by atoms with E-state index in [0.29, 0.717) is 23.2 Å². The number of aromatic nitrogens is 5. The smallest absolute Gasteiger partial charge is 0.402 e. The van der Waals surface area contributed by atoms with Crippen LogP contribution in [-0.4, -0.2) is 47.3 Å². The maximum Gasteiger partial charge on any atom is 0.402 e. The van der Waals surface area contributed by atoms with E-state index in [1.807, 2.05) is 24.3 Å². The third-order valence-electron chi connectivity index (χ3n) is 4.70. The van der Waals surface area contributed by atoms with Crippen LogP contribution in [0.25, 0.3) is 16.9 Å². The van der Waals surface area contributed by atoms with Crippen LogP contribution >= 0.6 is 0 Å². The van der Waals surface area contributed by atoms with E-state index in [1.165, 1.54) is 12.8 Å². The molecule has 2 aromatic heterocycles. The van der Waals surface area contributed by atoms with Gasteiger partial charge < -0.3 is 21.3 Å². The SMILES string of the molecule is CC(C)(O)c1ccc(-n2nnc3cnc(NC4CCCC4)nc32)cc1.NC(=O)O. The van der Waals surface area contributed by atoms with E-state index in [2.05, 4.69) is 31.3 Å². The Morgan fingerprint density at radius 2 is 1.86 bits per heavy atom. The van der Waals surface area contributed by atoms with Gasteiger partial charge in [0.25, 0.3) is 0 Å². The molecule has 2 heterocycles. The zero-order valence-corrected chi connectivity index (χ0v) is 16.4. The topological polar surface area (TPSA) is 152 Å². The van der Waals surface area contributed by atoms with Crippen molar-refractivity contribution in [3.63, 3.8) is 0 Å². The van der Waals surface area contributed by atoms with E-state index in [0.717, 1.165) is 24.1 Å². The lowest BCUT2D eigenvalue weighted by Crippen LogP contribution is -2.16. The van der Waals surface area contributed by atoms with Gasteiger partial charge in [0.2, 0.25) is 5.95 Å². The maximum atomic E-state index is 10.1. The first-order valence-corrected chi connectivity index (χ1v) is 9.41. The van der Waals surface area contributed by atoms with E-state index >= 15 is 0 Å². The molecule has 0 aliphatic heterocycles. The third kappa shape index (κ3) is 5.17. The van der Waals surface area contributed by atoms with Crippen molar-refractivity contribution in [2.45, 2.75) is 51.2 Å². The molecule has 0 spiro atoms. The van der Waals surface area contributed by atoms with Gasteiger partial charge in [-0.05, 0) is 44.4 Å². The first kappa shape index (κ1) is 20.5. The fraction of sp³-hybridized carbons (Fsp3) is 0.421. The van der Waals surface area contributed by atoms with Crippen LogP contribution in [0.15, 0.2) is 30.5 Å². The molecule has 0 bridgehead atoms. The summed E-state index contributed by atoms with van der Waals surface area (Å²) in [4.78, 5) is 17.7. The standard InChI is InChI=1S/C18H22N6O.CH3NO2/c1-18(2,25)12-7-9-14(10-8-12)24-16-15(22-23-24)11-19-17(21-16)20-13-5-3-4-6-13;2-1(3)4/h7-11,13,25H,3-6H2,1-2H3,(H,19,20,21);2H2,(H,3,4). The molecule has 1 aliphatic carbocycles. The summed E-state index contributed by atoms with van der Waals surface area (Å²) in [7, 11) is 0. The Morgan fingerprint density at radius 1 is 1.24 bits per heavy atom.